The molecule has 1 aromatic carbocycles. The van der Waals surface area contributed by atoms with Crippen molar-refractivity contribution in [2.75, 3.05) is 23.8 Å². The number of benzene rings is 1. The van der Waals surface area contributed by atoms with Crippen LogP contribution in [0.2, 0.25) is 5.02 Å². The molecule has 1 atom stereocenters. The first kappa shape index (κ1) is 23.3. The van der Waals surface area contributed by atoms with E-state index in [-0.39, 0.29) is 12.0 Å². The van der Waals surface area contributed by atoms with Crippen molar-refractivity contribution < 1.29 is 14.4 Å². The number of hydrogen-bond acceptors (Lipinski definition) is 8. The van der Waals surface area contributed by atoms with E-state index in [1.165, 1.54) is 0 Å². The second-order valence-corrected chi connectivity index (χ2v) is 8.79. The van der Waals surface area contributed by atoms with Crippen molar-refractivity contribution in [2.45, 2.75) is 33.2 Å². The Morgan fingerprint density at radius 2 is 2.21 bits per heavy atom. The molecule has 2 aromatic rings. The van der Waals surface area contributed by atoms with Crippen molar-refractivity contribution in [3.8, 4) is 5.75 Å². The molecule has 172 valence electrons. The van der Waals surface area contributed by atoms with Gasteiger partial charge in [0.25, 0.3) is 0 Å². The third kappa shape index (κ3) is 5.21. The molecule has 1 saturated heterocycles. The SMILES string of the molecule is C=NC=C1CCOC[C@@H]1Nc1nc(Nc2cc(Cl)c3c(c2)C(C(C)C)=CB(O)O3)ncc1C. The number of aromatic nitrogens is 2. The zero-order valence-corrected chi connectivity index (χ0v) is 19.7. The number of aryl methyl sites for hydroxylation is 1. The number of anilines is 3. The maximum absolute atomic E-state index is 10.0. The fourth-order valence-electron chi connectivity index (χ4n) is 3.92. The topological polar surface area (TPSA) is 101 Å². The van der Waals surface area contributed by atoms with Gasteiger partial charge in [0.1, 0.15) is 11.6 Å². The summed E-state index contributed by atoms with van der Waals surface area (Å²) in [5.41, 5.74) is 4.56. The number of nitrogens with zero attached hydrogens (tertiary/aromatic N) is 3. The zero-order valence-electron chi connectivity index (χ0n) is 18.9. The molecule has 1 fully saturated rings. The minimum atomic E-state index is -1.01. The summed E-state index contributed by atoms with van der Waals surface area (Å²) in [5, 5.41) is 17.1. The van der Waals surface area contributed by atoms with Crippen LogP contribution in [-0.2, 0) is 4.74 Å². The van der Waals surface area contributed by atoms with Gasteiger partial charge >= 0.3 is 7.12 Å². The Morgan fingerprint density at radius 1 is 1.39 bits per heavy atom. The average molecular weight is 468 g/mol. The molecule has 3 N–H and O–H groups in total. The molecule has 8 nitrogen and oxygen atoms in total. The lowest BCUT2D eigenvalue weighted by molar-refractivity contribution is 0.111. The third-order valence-corrected chi connectivity index (χ3v) is 5.88. The van der Waals surface area contributed by atoms with Gasteiger partial charge in [0.05, 0.1) is 24.3 Å². The number of rotatable bonds is 6. The van der Waals surface area contributed by atoms with Crippen LogP contribution in [0.3, 0.4) is 0 Å². The van der Waals surface area contributed by atoms with E-state index in [4.69, 9.17) is 21.0 Å². The van der Waals surface area contributed by atoms with Gasteiger partial charge in [-0.15, -0.1) is 0 Å². The van der Waals surface area contributed by atoms with Gasteiger partial charge in [0.2, 0.25) is 5.95 Å². The lowest BCUT2D eigenvalue weighted by atomic mass is 9.78. The molecule has 1 aromatic heterocycles. The number of fused-ring (bicyclic) bond motifs is 1. The highest BCUT2D eigenvalue weighted by atomic mass is 35.5. The molecule has 33 heavy (non-hydrogen) atoms. The summed E-state index contributed by atoms with van der Waals surface area (Å²) in [7, 11) is -1.01. The number of halogens is 1. The second-order valence-electron chi connectivity index (χ2n) is 8.38. The summed E-state index contributed by atoms with van der Waals surface area (Å²) in [6.45, 7) is 10.8. The summed E-state index contributed by atoms with van der Waals surface area (Å²) < 4.78 is 11.2. The summed E-state index contributed by atoms with van der Waals surface area (Å²) >= 11 is 6.49. The van der Waals surface area contributed by atoms with Crippen LogP contribution in [0.4, 0.5) is 17.5 Å². The van der Waals surface area contributed by atoms with E-state index in [0.717, 1.165) is 34.4 Å². The quantitative estimate of drug-likeness (QED) is 0.427. The van der Waals surface area contributed by atoms with Crippen molar-refractivity contribution in [3.63, 3.8) is 0 Å². The van der Waals surface area contributed by atoms with Crippen molar-refractivity contribution in [2.24, 2.45) is 10.9 Å². The molecule has 0 aliphatic carbocycles. The van der Waals surface area contributed by atoms with Gasteiger partial charge in [-0.2, -0.15) is 4.98 Å². The molecule has 0 spiro atoms. The maximum atomic E-state index is 10.0. The van der Waals surface area contributed by atoms with E-state index in [1.54, 1.807) is 24.4 Å². The maximum Gasteiger partial charge on any atom is 0.552 e. The van der Waals surface area contributed by atoms with Crippen LogP contribution in [0.15, 0.2) is 41.1 Å². The molecule has 2 aliphatic heterocycles. The minimum Gasteiger partial charge on any atom is -0.531 e. The van der Waals surface area contributed by atoms with Gasteiger partial charge in [0, 0.05) is 29.2 Å². The lowest BCUT2D eigenvalue weighted by Gasteiger charge is -2.27. The van der Waals surface area contributed by atoms with Crippen molar-refractivity contribution >= 4 is 48.5 Å². The fourth-order valence-corrected chi connectivity index (χ4v) is 4.19. The number of hydrogen-bond donors (Lipinski definition) is 3. The van der Waals surface area contributed by atoms with Crippen LogP contribution in [0, 0.1) is 12.8 Å². The highest BCUT2D eigenvalue weighted by Crippen LogP contribution is 2.42. The van der Waals surface area contributed by atoms with Gasteiger partial charge in [0.15, 0.2) is 0 Å². The molecule has 0 unspecified atom stereocenters. The predicted octanol–water partition coefficient (Wildman–Crippen LogP) is 4.42. The van der Waals surface area contributed by atoms with E-state index in [0.29, 0.717) is 35.8 Å². The summed E-state index contributed by atoms with van der Waals surface area (Å²) in [5.74, 6) is 3.49. The Morgan fingerprint density at radius 3 is 2.97 bits per heavy atom. The molecule has 2 aliphatic rings. The molecule has 3 heterocycles. The third-order valence-electron chi connectivity index (χ3n) is 5.60. The van der Waals surface area contributed by atoms with Gasteiger partial charge < -0.3 is 25.0 Å². The molecular formula is C23H27BClN5O3. The van der Waals surface area contributed by atoms with Crippen molar-refractivity contribution in [3.05, 3.63) is 52.2 Å². The Bertz CT molecular complexity index is 1120. The Balaban J connectivity index is 1.60. The summed E-state index contributed by atoms with van der Waals surface area (Å²) in [6.07, 6.45) is 4.33. The van der Waals surface area contributed by atoms with E-state index < -0.39 is 7.12 Å². The highest BCUT2D eigenvalue weighted by molar-refractivity contribution is 6.53. The highest BCUT2D eigenvalue weighted by Gasteiger charge is 2.28. The number of aliphatic imine (C=N–C) groups is 1. The molecule has 0 saturated carbocycles. The number of ether oxygens (including phenoxy) is 1. The largest absolute Gasteiger partial charge is 0.552 e. The van der Waals surface area contributed by atoms with Crippen LogP contribution in [0.25, 0.3) is 5.57 Å². The number of nitrogens with one attached hydrogen (secondary N) is 2. The van der Waals surface area contributed by atoms with Crippen molar-refractivity contribution in [1.82, 2.24) is 9.97 Å². The first-order chi connectivity index (χ1) is 15.9. The van der Waals surface area contributed by atoms with Crippen LogP contribution in [0.1, 0.15) is 31.4 Å². The second kappa shape index (κ2) is 9.95. The van der Waals surface area contributed by atoms with E-state index >= 15 is 0 Å². The van der Waals surface area contributed by atoms with Gasteiger partial charge in [-0.1, -0.05) is 25.4 Å². The monoisotopic (exact) mass is 467 g/mol. The van der Waals surface area contributed by atoms with Gasteiger partial charge in [-0.25, -0.2) is 4.98 Å². The van der Waals surface area contributed by atoms with E-state index in [2.05, 4.69) is 46.2 Å². The molecule has 0 amide bonds. The summed E-state index contributed by atoms with van der Waals surface area (Å²) in [4.78, 5) is 13.0. The van der Waals surface area contributed by atoms with Crippen molar-refractivity contribution in [1.29, 1.82) is 0 Å². The van der Waals surface area contributed by atoms with E-state index in [9.17, 15) is 5.02 Å². The van der Waals surface area contributed by atoms with Crippen LogP contribution >= 0.6 is 11.6 Å². The molecule has 10 heteroatoms. The van der Waals surface area contributed by atoms with Crippen LogP contribution in [-0.4, -0.2) is 48.1 Å². The predicted molar refractivity (Wildman–Crippen MR) is 133 cm³/mol. The summed E-state index contributed by atoms with van der Waals surface area (Å²) in [6, 6.07) is 3.63. The Kier molecular flexibility index (Phi) is 7.02. The molecular weight excluding hydrogens is 441 g/mol. The fraction of sp³-hybridized carbons (Fsp3) is 0.348. The smallest absolute Gasteiger partial charge is 0.531 e. The van der Waals surface area contributed by atoms with Crippen LogP contribution in [0.5, 0.6) is 5.75 Å². The average Bonchev–Trinajstić information content (AvgIpc) is 2.77. The van der Waals surface area contributed by atoms with Gasteiger partial charge in [-0.05, 0) is 55.2 Å². The molecule has 0 radical (unpaired) electrons. The van der Waals surface area contributed by atoms with Gasteiger partial charge in [-0.3, -0.25) is 4.99 Å². The zero-order chi connectivity index (χ0) is 23.5. The first-order valence-electron chi connectivity index (χ1n) is 10.9. The number of allylic oxidation sites excluding steroid dienone is 1. The molecule has 4 rings (SSSR count). The standard InChI is InChI=1S/C23H27BClN5O3/c1-13(2)18-9-24(31)33-21-17(18)7-16(8-19(21)25)28-23-27-10-14(3)22(30-23)29-20-12-32-6-5-15(20)11-26-4/h7-11,13,20,31H,4-6,12H2,1-3H3,(H2,27,28,29,30)/t20-/m0/s1. The minimum absolute atomic E-state index is 0.0359. The van der Waals surface area contributed by atoms with Crippen LogP contribution < -0.4 is 15.3 Å². The Labute approximate surface area is 198 Å². The Hall–Kier alpha value is -2.88. The van der Waals surface area contributed by atoms with E-state index in [1.807, 2.05) is 13.0 Å². The molecule has 0 bridgehead atoms. The first-order valence-corrected chi connectivity index (χ1v) is 11.2. The normalized spacial score (nSPS) is 19.1. The lowest BCUT2D eigenvalue weighted by Crippen LogP contribution is -2.33.